The zero-order valence-corrected chi connectivity index (χ0v) is 21.4. The number of carbonyl (C=O) groups is 1. The van der Waals surface area contributed by atoms with Gasteiger partial charge in [-0.3, -0.25) is 4.79 Å². The summed E-state index contributed by atoms with van der Waals surface area (Å²) in [5, 5.41) is 7.27. The Balaban J connectivity index is 1.75. The van der Waals surface area contributed by atoms with Crippen LogP contribution in [0, 0.1) is 0 Å². The van der Waals surface area contributed by atoms with Gasteiger partial charge >= 0.3 is 0 Å². The summed E-state index contributed by atoms with van der Waals surface area (Å²) in [7, 11) is 0. The molecule has 0 fully saturated rings. The van der Waals surface area contributed by atoms with Crippen molar-refractivity contribution < 1.29 is 4.79 Å². The fourth-order valence-electron chi connectivity index (χ4n) is 3.44. The molecule has 4 rings (SSSR count). The molecule has 0 bridgehead atoms. The Morgan fingerprint density at radius 2 is 1.74 bits per heavy atom. The Morgan fingerprint density at radius 1 is 1.00 bits per heavy atom. The summed E-state index contributed by atoms with van der Waals surface area (Å²) in [6.45, 7) is 10.1. The van der Waals surface area contributed by atoms with Gasteiger partial charge in [0.1, 0.15) is 12.1 Å². The number of nitrogens with zero attached hydrogens (tertiary/aromatic N) is 3. The molecule has 35 heavy (non-hydrogen) atoms. The number of benzene rings is 2. The second kappa shape index (κ2) is 9.92. The highest BCUT2D eigenvalue weighted by atomic mass is 32.2. The summed E-state index contributed by atoms with van der Waals surface area (Å²) in [5.74, 6) is 0.789. The molecule has 0 saturated carbocycles. The number of fused-ring (bicyclic) bond motifs is 1. The molecular formula is C27H30N6OS. The third kappa shape index (κ3) is 6.08. The summed E-state index contributed by atoms with van der Waals surface area (Å²) in [5.41, 5.74) is 9.15. The van der Waals surface area contributed by atoms with Gasteiger partial charge in [0.2, 0.25) is 0 Å². The predicted molar refractivity (Wildman–Crippen MR) is 143 cm³/mol. The first-order valence-electron chi connectivity index (χ1n) is 11.5. The Kier molecular flexibility index (Phi) is 6.93. The first-order valence-corrected chi connectivity index (χ1v) is 12.3. The predicted octanol–water partition coefficient (Wildman–Crippen LogP) is 6.15. The lowest BCUT2D eigenvalue weighted by atomic mass is 10.1. The van der Waals surface area contributed by atoms with E-state index in [1.54, 1.807) is 11.8 Å². The van der Waals surface area contributed by atoms with E-state index in [0.717, 1.165) is 26.6 Å². The van der Waals surface area contributed by atoms with E-state index in [-0.39, 0.29) is 11.4 Å². The first-order chi connectivity index (χ1) is 16.6. The van der Waals surface area contributed by atoms with Gasteiger partial charge in [0, 0.05) is 32.3 Å². The van der Waals surface area contributed by atoms with Gasteiger partial charge in [0.15, 0.2) is 5.65 Å². The molecule has 0 atom stereocenters. The molecular weight excluding hydrogens is 456 g/mol. The largest absolute Gasteiger partial charge is 0.399 e. The topological polar surface area (TPSA) is 106 Å². The van der Waals surface area contributed by atoms with Crippen LogP contribution in [-0.2, 0) is 0 Å². The maximum atomic E-state index is 12.9. The van der Waals surface area contributed by atoms with Crippen LogP contribution in [0.3, 0.4) is 0 Å². The number of rotatable bonds is 6. The molecule has 8 heteroatoms. The Bertz CT molecular complexity index is 1360. The van der Waals surface area contributed by atoms with E-state index in [1.807, 2.05) is 75.4 Å². The number of pyridine rings is 1. The van der Waals surface area contributed by atoms with Crippen LogP contribution in [0.15, 0.2) is 70.7 Å². The number of nitrogens with two attached hydrogens (primary N) is 1. The van der Waals surface area contributed by atoms with Gasteiger partial charge in [-0.15, -0.1) is 0 Å². The molecule has 180 valence electrons. The third-order valence-corrected chi connectivity index (χ3v) is 6.29. The van der Waals surface area contributed by atoms with Crippen LogP contribution in [0.5, 0.6) is 0 Å². The number of aromatic nitrogens is 3. The molecule has 0 spiro atoms. The van der Waals surface area contributed by atoms with Crippen LogP contribution in [0.4, 0.5) is 17.2 Å². The van der Waals surface area contributed by atoms with Gasteiger partial charge in [0.05, 0.1) is 11.1 Å². The van der Waals surface area contributed by atoms with Crippen LogP contribution in [0.25, 0.3) is 11.0 Å². The standard InChI is InChI=1S/C27H30N6OS/c1-16(2)21-12-11-20-24(31-21)29-15-30-25(20)32-22-14-17(26(34)33-27(3,4)5)6-13-23(22)35-19-9-7-18(28)8-10-19/h6-16H,28H2,1-5H3,(H,33,34)(H,29,30,31,32). The average molecular weight is 487 g/mol. The fraction of sp³-hybridized carbons (Fsp3) is 0.259. The molecule has 4 aromatic rings. The van der Waals surface area contributed by atoms with Crippen LogP contribution in [0.1, 0.15) is 56.6 Å². The van der Waals surface area contributed by atoms with E-state index in [9.17, 15) is 4.79 Å². The number of hydrogen-bond acceptors (Lipinski definition) is 7. The number of amides is 1. The van der Waals surface area contributed by atoms with E-state index in [4.69, 9.17) is 5.73 Å². The molecule has 4 N–H and O–H groups in total. The number of nitrogens with one attached hydrogen (secondary N) is 2. The van der Waals surface area contributed by atoms with Crippen molar-refractivity contribution in [1.82, 2.24) is 20.3 Å². The summed E-state index contributed by atoms with van der Waals surface area (Å²) >= 11 is 1.58. The van der Waals surface area contributed by atoms with Crippen LogP contribution < -0.4 is 16.4 Å². The summed E-state index contributed by atoms with van der Waals surface area (Å²) in [6, 6.07) is 17.3. The van der Waals surface area contributed by atoms with Crippen molar-refractivity contribution in [3.63, 3.8) is 0 Å². The van der Waals surface area contributed by atoms with Gasteiger partial charge in [-0.1, -0.05) is 25.6 Å². The van der Waals surface area contributed by atoms with Crippen molar-refractivity contribution in [2.75, 3.05) is 11.1 Å². The SMILES string of the molecule is CC(C)c1ccc2c(Nc3cc(C(=O)NC(C)(C)C)ccc3Sc3ccc(N)cc3)ncnc2n1. The Hall–Kier alpha value is -3.65. The molecule has 0 unspecified atom stereocenters. The van der Waals surface area contributed by atoms with Crippen molar-refractivity contribution in [1.29, 1.82) is 0 Å². The molecule has 0 radical (unpaired) electrons. The van der Waals surface area contributed by atoms with Gasteiger partial charge in [-0.2, -0.15) is 0 Å². The molecule has 0 aliphatic heterocycles. The minimum absolute atomic E-state index is 0.139. The first kappa shape index (κ1) is 24.5. The zero-order valence-electron chi connectivity index (χ0n) is 20.6. The number of hydrogen-bond donors (Lipinski definition) is 3. The molecule has 2 aromatic heterocycles. The number of anilines is 3. The highest BCUT2D eigenvalue weighted by Crippen LogP contribution is 2.36. The van der Waals surface area contributed by atoms with Crippen LogP contribution >= 0.6 is 11.8 Å². The minimum Gasteiger partial charge on any atom is -0.399 e. The summed E-state index contributed by atoms with van der Waals surface area (Å²) < 4.78 is 0. The second-order valence-corrected chi connectivity index (χ2v) is 10.8. The van der Waals surface area contributed by atoms with Crippen molar-refractivity contribution in [2.24, 2.45) is 0 Å². The van der Waals surface area contributed by atoms with Crippen LogP contribution in [0.2, 0.25) is 0 Å². The maximum Gasteiger partial charge on any atom is 0.251 e. The van der Waals surface area contributed by atoms with E-state index in [0.29, 0.717) is 28.6 Å². The Morgan fingerprint density at radius 3 is 2.43 bits per heavy atom. The maximum absolute atomic E-state index is 12.9. The lowest BCUT2D eigenvalue weighted by molar-refractivity contribution is 0.0919. The summed E-state index contributed by atoms with van der Waals surface area (Å²) in [6.07, 6.45) is 1.50. The van der Waals surface area contributed by atoms with Gasteiger partial charge in [-0.05, 0) is 81.3 Å². The zero-order chi connectivity index (χ0) is 25.2. The minimum atomic E-state index is -0.343. The van der Waals surface area contributed by atoms with Crippen molar-refractivity contribution in [2.45, 2.75) is 55.9 Å². The molecule has 0 aliphatic rings. The lowest BCUT2D eigenvalue weighted by Gasteiger charge is -2.21. The summed E-state index contributed by atoms with van der Waals surface area (Å²) in [4.78, 5) is 28.4. The van der Waals surface area contributed by atoms with Crippen molar-refractivity contribution in [3.05, 3.63) is 72.2 Å². The van der Waals surface area contributed by atoms with Crippen molar-refractivity contribution in [3.8, 4) is 0 Å². The van der Waals surface area contributed by atoms with Gasteiger partial charge in [0.25, 0.3) is 5.91 Å². The van der Waals surface area contributed by atoms with E-state index >= 15 is 0 Å². The molecule has 7 nitrogen and oxygen atoms in total. The second-order valence-electron chi connectivity index (χ2n) is 9.70. The molecule has 0 saturated heterocycles. The molecule has 2 aromatic carbocycles. The third-order valence-electron chi connectivity index (χ3n) is 5.20. The van der Waals surface area contributed by atoms with E-state index in [1.165, 1.54) is 6.33 Å². The normalized spacial score (nSPS) is 11.6. The van der Waals surface area contributed by atoms with Gasteiger partial charge < -0.3 is 16.4 Å². The number of nitrogen functional groups attached to an aromatic ring is 1. The van der Waals surface area contributed by atoms with Crippen molar-refractivity contribution >= 4 is 45.9 Å². The molecule has 1 amide bonds. The monoisotopic (exact) mass is 486 g/mol. The smallest absolute Gasteiger partial charge is 0.251 e. The number of carbonyl (C=O) groups excluding carboxylic acids is 1. The quantitative estimate of drug-likeness (QED) is 0.281. The average Bonchev–Trinajstić information content (AvgIpc) is 2.80. The van der Waals surface area contributed by atoms with Crippen LogP contribution in [-0.4, -0.2) is 26.4 Å². The van der Waals surface area contributed by atoms with Gasteiger partial charge in [-0.25, -0.2) is 15.0 Å². The van der Waals surface area contributed by atoms with E-state index < -0.39 is 0 Å². The molecule has 2 heterocycles. The highest BCUT2D eigenvalue weighted by molar-refractivity contribution is 7.99. The van der Waals surface area contributed by atoms with E-state index in [2.05, 4.69) is 39.4 Å². The fourth-order valence-corrected chi connectivity index (χ4v) is 4.32. The Labute approximate surface area is 210 Å². The molecule has 0 aliphatic carbocycles. The lowest BCUT2D eigenvalue weighted by Crippen LogP contribution is -2.40. The highest BCUT2D eigenvalue weighted by Gasteiger charge is 2.18.